The number of benzene rings is 1. The quantitative estimate of drug-likeness (QED) is 0.434. The molecule has 0 radical (unpaired) electrons. The SMILES string of the molecule is Cc1cc(Nc2nccc(-c3cc(C#N)c4c(c3)[C@@](C)(CO)CN4)n2)n(CCC(C)(C)O)n1. The Hall–Kier alpha value is -3.48. The van der Waals surface area contributed by atoms with Gasteiger partial charge in [-0.3, -0.25) is 0 Å². The van der Waals surface area contributed by atoms with Gasteiger partial charge in [0.05, 0.1) is 34.8 Å². The number of nitrogens with zero attached hydrogens (tertiary/aromatic N) is 5. The molecule has 0 unspecified atom stereocenters. The van der Waals surface area contributed by atoms with Crippen LogP contribution in [0.1, 0.15) is 44.0 Å². The molecule has 1 atom stereocenters. The number of hydrogen-bond acceptors (Lipinski definition) is 8. The number of nitriles is 1. The average Bonchev–Trinajstić information content (AvgIpc) is 3.31. The van der Waals surface area contributed by atoms with Crippen molar-refractivity contribution in [3.63, 3.8) is 0 Å². The molecule has 4 N–H and O–H groups in total. The highest BCUT2D eigenvalue weighted by Gasteiger charge is 2.36. The normalized spacial score (nSPS) is 17.4. The molecule has 1 aliphatic heterocycles. The number of hydrogen-bond donors (Lipinski definition) is 4. The van der Waals surface area contributed by atoms with E-state index < -0.39 is 11.0 Å². The largest absolute Gasteiger partial charge is 0.395 e. The zero-order valence-corrected chi connectivity index (χ0v) is 19.3. The molecule has 9 heteroatoms. The Morgan fingerprint density at radius 3 is 2.82 bits per heavy atom. The summed E-state index contributed by atoms with van der Waals surface area (Å²) in [6.45, 7) is 8.51. The van der Waals surface area contributed by atoms with E-state index in [9.17, 15) is 15.5 Å². The molecule has 9 nitrogen and oxygen atoms in total. The minimum atomic E-state index is -0.794. The van der Waals surface area contributed by atoms with Gasteiger partial charge in [-0.05, 0) is 51.0 Å². The summed E-state index contributed by atoms with van der Waals surface area (Å²) in [5.41, 5.74) is 3.24. The van der Waals surface area contributed by atoms with Crippen LogP contribution in [0.15, 0.2) is 30.5 Å². The molecule has 0 saturated heterocycles. The third kappa shape index (κ3) is 4.67. The van der Waals surface area contributed by atoms with Crippen LogP contribution in [0, 0.1) is 18.3 Å². The maximum atomic E-state index is 10.1. The van der Waals surface area contributed by atoms with Crippen LogP contribution >= 0.6 is 0 Å². The van der Waals surface area contributed by atoms with Crippen molar-refractivity contribution in [1.29, 1.82) is 5.26 Å². The monoisotopic (exact) mass is 447 g/mol. The first kappa shape index (κ1) is 22.7. The number of rotatable bonds is 7. The third-order valence-corrected chi connectivity index (χ3v) is 5.94. The second kappa shape index (κ2) is 8.46. The minimum absolute atomic E-state index is 0.0219. The van der Waals surface area contributed by atoms with E-state index in [0.29, 0.717) is 36.7 Å². The number of fused-ring (bicyclic) bond motifs is 1. The zero-order valence-electron chi connectivity index (χ0n) is 19.3. The van der Waals surface area contributed by atoms with Crippen molar-refractivity contribution in [2.45, 2.75) is 51.7 Å². The molecular formula is C24H29N7O2. The summed E-state index contributed by atoms with van der Waals surface area (Å²) >= 11 is 0. The van der Waals surface area contributed by atoms with E-state index in [1.807, 2.05) is 26.0 Å². The molecule has 3 heterocycles. The molecular weight excluding hydrogens is 418 g/mol. The lowest BCUT2D eigenvalue weighted by molar-refractivity contribution is 0.0653. The maximum absolute atomic E-state index is 10.1. The lowest BCUT2D eigenvalue weighted by Gasteiger charge is -2.21. The van der Waals surface area contributed by atoms with E-state index in [2.05, 4.69) is 31.8 Å². The van der Waals surface area contributed by atoms with Gasteiger partial charge in [0.15, 0.2) is 0 Å². The van der Waals surface area contributed by atoms with Crippen molar-refractivity contribution < 1.29 is 10.2 Å². The minimum Gasteiger partial charge on any atom is -0.395 e. The first-order chi connectivity index (χ1) is 15.6. The molecule has 0 fully saturated rings. The van der Waals surface area contributed by atoms with Crippen molar-refractivity contribution in [1.82, 2.24) is 19.7 Å². The van der Waals surface area contributed by atoms with Crippen molar-refractivity contribution in [2.24, 2.45) is 0 Å². The summed E-state index contributed by atoms with van der Waals surface area (Å²) in [6.07, 6.45) is 2.21. The Bertz CT molecular complexity index is 1220. The van der Waals surface area contributed by atoms with Crippen LogP contribution in [0.25, 0.3) is 11.3 Å². The van der Waals surface area contributed by atoms with E-state index in [-0.39, 0.29) is 6.61 Å². The van der Waals surface area contributed by atoms with E-state index >= 15 is 0 Å². The highest BCUT2D eigenvalue weighted by Crippen LogP contribution is 2.41. The second-order valence-electron chi connectivity index (χ2n) is 9.48. The fourth-order valence-corrected chi connectivity index (χ4v) is 3.95. The van der Waals surface area contributed by atoms with Gasteiger partial charge >= 0.3 is 0 Å². The van der Waals surface area contributed by atoms with Crippen molar-refractivity contribution in [3.8, 4) is 17.3 Å². The molecule has 2 aromatic heterocycles. The lowest BCUT2D eigenvalue weighted by atomic mass is 9.83. The summed E-state index contributed by atoms with van der Waals surface area (Å²) in [4.78, 5) is 9.02. The summed E-state index contributed by atoms with van der Waals surface area (Å²) in [7, 11) is 0. The van der Waals surface area contributed by atoms with E-state index in [1.54, 1.807) is 36.9 Å². The van der Waals surface area contributed by atoms with Gasteiger partial charge in [0.1, 0.15) is 11.9 Å². The van der Waals surface area contributed by atoms with Gasteiger partial charge in [-0.25, -0.2) is 14.6 Å². The molecule has 1 aliphatic rings. The first-order valence-corrected chi connectivity index (χ1v) is 10.9. The Morgan fingerprint density at radius 1 is 1.33 bits per heavy atom. The van der Waals surface area contributed by atoms with Gasteiger partial charge in [0, 0.05) is 36.3 Å². The smallest absolute Gasteiger partial charge is 0.228 e. The van der Waals surface area contributed by atoms with Gasteiger partial charge in [-0.1, -0.05) is 6.92 Å². The summed E-state index contributed by atoms with van der Waals surface area (Å²) < 4.78 is 1.80. The molecule has 0 bridgehead atoms. The van der Waals surface area contributed by atoms with Gasteiger partial charge in [0.2, 0.25) is 5.95 Å². The molecule has 33 heavy (non-hydrogen) atoms. The molecule has 0 amide bonds. The Morgan fingerprint density at radius 2 is 2.12 bits per heavy atom. The molecule has 0 aliphatic carbocycles. The number of anilines is 3. The predicted octanol–water partition coefficient (Wildman–Crippen LogP) is 3.10. The zero-order chi connectivity index (χ0) is 23.8. The number of aryl methyl sites for hydroxylation is 2. The average molecular weight is 448 g/mol. The predicted molar refractivity (Wildman–Crippen MR) is 126 cm³/mol. The summed E-state index contributed by atoms with van der Waals surface area (Å²) in [5.74, 6) is 1.14. The second-order valence-corrected chi connectivity index (χ2v) is 9.48. The Labute approximate surface area is 193 Å². The van der Waals surface area contributed by atoms with Crippen LogP contribution < -0.4 is 10.6 Å². The van der Waals surface area contributed by atoms with Crippen LogP contribution in [0.3, 0.4) is 0 Å². The fourth-order valence-electron chi connectivity index (χ4n) is 3.95. The molecule has 0 spiro atoms. The topological polar surface area (TPSA) is 132 Å². The summed E-state index contributed by atoms with van der Waals surface area (Å²) in [6, 6.07) is 9.74. The van der Waals surface area contributed by atoms with E-state index in [0.717, 1.165) is 28.3 Å². The van der Waals surface area contributed by atoms with Crippen LogP contribution in [0.5, 0.6) is 0 Å². The summed E-state index contributed by atoms with van der Waals surface area (Å²) in [5, 5.41) is 40.7. The Kier molecular flexibility index (Phi) is 5.82. The highest BCUT2D eigenvalue weighted by molar-refractivity contribution is 5.76. The number of aromatic nitrogens is 4. The van der Waals surface area contributed by atoms with Gasteiger partial charge in [0.25, 0.3) is 0 Å². The highest BCUT2D eigenvalue weighted by atomic mass is 16.3. The van der Waals surface area contributed by atoms with Crippen molar-refractivity contribution in [3.05, 3.63) is 47.3 Å². The lowest BCUT2D eigenvalue weighted by Crippen LogP contribution is -2.28. The molecule has 4 rings (SSSR count). The van der Waals surface area contributed by atoms with Crippen LogP contribution in [0.2, 0.25) is 0 Å². The van der Waals surface area contributed by atoms with Crippen molar-refractivity contribution in [2.75, 3.05) is 23.8 Å². The molecule has 1 aromatic carbocycles. The number of aliphatic hydroxyl groups is 2. The third-order valence-electron chi connectivity index (χ3n) is 5.94. The van der Waals surface area contributed by atoms with Crippen LogP contribution in [-0.2, 0) is 12.0 Å². The molecule has 172 valence electrons. The van der Waals surface area contributed by atoms with Gasteiger partial charge in [-0.2, -0.15) is 10.4 Å². The van der Waals surface area contributed by atoms with Crippen LogP contribution in [-0.4, -0.2) is 48.7 Å². The molecule has 0 saturated carbocycles. The molecule has 3 aromatic rings. The maximum Gasteiger partial charge on any atom is 0.228 e. The fraction of sp³-hybridized carbons (Fsp3) is 0.417. The Balaban J connectivity index is 1.66. The van der Waals surface area contributed by atoms with Gasteiger partial charge < -0.3 is 20.8 Å². The first-order valence-electron chi connectivity index (χ1n) is 10.9. The van der Waals surface area contributed by atoms with E-state index in [1.165, 1.54) is 0 Å². The standard InChI is InChI=1S/C24H29N7O2/c1-15-9-20(31(30-15)8-6-23(2,3)33)29-22-26-7-5-19(28-22)16-10-17(12-25)21-18(11-16)24(4,14-32)13-27-21/h5,7,9-11,27,32-33H,6,8,13-14H2,1-4H3,(H,26,28,29)/t24-/m1/s1. The number of nitrogens with one attached hydrogen (secondary N) is 2. The number of aliphatic hydroxyl groups excluding tert-OH is 1. The van der Waals surface area contributed by atoms with E-state index in [4.69, 9.17) is 0 Å². The van der Waals surface area contributed by atoms with Crippen LogP contribution in [0.4, 0.5) is 17.5 Å². The van der Waals surface area contributed by atoms with Gasteiger partial charge in [-0.15, -0.1) is 0 Å². The van der Waals surface area contributed by atoms with Crippen molar-refractivity contribution >= 4 is 17.5 Å².